The summed E-state index contributed by atoms with van der Waals surface area (Å²) >= 11 is 5.61. The van der Waals surface area contributed by atoms with Gasteiger partial charge in [-0.3, -0.25) is 14.9 Å². The molecule has 84 valence electrons. The molecule has 6 heteroatoms. The van der Waals surface area contributed by atoms with Crippen LogP contribution in [-0.4, -0.2) is 21.8 Å². The molecule has 0 saturated carbocycles. The number of rotatable bonds is 2. The molecule has 1 aromatic rings. The molecule has 1 aliphatic rings. The fourth-order valence-electron chi connectivity index (χ4n) is 1.55. The van der Waals surface area contributed by atoms with Crippen LogP contribution >= 0.6 is 11.6 Å². The molecule has 0 aromatic carbocycles. The molecule has 5 nitrogen and oxygen atoms in total. The molecule has 1 N–H and O–H groups in total. The largest absolute Gasteiger partial charge is 0.296 e. The Balaban J connectivity index is 2.17. The van der Waals surface area contributed by atoms with Crippen LogP contribution in [0.3, 0.4) is 0 Å². The van der Waals surface area contributed by atoms with E-state index in [0.717, 1.165) is 5.56 Å². The zero-order valence-electron chi connectivity index (χ0n) is 8.44. The summed E-state index contributed by atoms with van der Waals surface area (Å²) in [5, 5.41) is 2.27. The van der Waals surface area contributed by atoms with Crippen molar-refractivity contribution in [2.75, 3.05) is 0 Å². The minimum atomic E-state index is -0.429. The van der Waals surface area contributed by atoms with E-state index in [1.54, 1.807) is 12.4 Å². The highest BCUT2D eigenvalue weighted by atomic mass is 35.5. The van der Waals surface area contributed by atoms with Gasteiger partial charge < -0.3 is 0 Å². The van der Waals surface area contributed by atoms with Crippen molar-refractivity contribution in [3.05, 3.63) is 23.8 Å². The zero-order chi connectivity index (χ0) is 11.5. The van der Waals surface area contributed by atoms with Crippen LogP contribution in [-0.2, 0) is 15.5 Å². The monoisotopic (exact) mass is 239 g/mol. The fraction of sp³-hybridized carbons (Fsp3) is 0.400. The van der Waals surface area contributed by atoms with Crippen LogP contribution in [0.4, 0.5) is 0 Å². The summed E-state index contributed by atoms with van der Waals surface area (Å²) in [5.41, 5.74) is 0.803. The van der Waals surface area contributed by atoms with Gasteiger partial charge in [-0.05, 0) is 6.42 Å². The summed E-state index contributed by atoms with van der Waals surface area (Å²) in [5.74, 6) is -0.204. The molecule has 1 atom stereocenters. The second-order valence-corrected chi connectivity index (χ2v) is 3.85. The Bertz CT molecular complexity index is 419. The number of nitrogens with one attached hydrogen (secondary N) is 1. The third-order valence-electron chi connectivity index (χ3n) is 2.43. The van der Waals surface area contributed by atoms with Crippen molar-refractivity contribution in [2.24, 2.45) is 0 Å². The predicted octanol–water partition coefficient (Wildman–Crippen LogP) is 0.736. The number of carbonyl (C=O) groups is 2. The van der Waals surface area contributed by atoms with Gasteiger partial charge in [-0.15, -0.1) is 11.6 Å². The van der Waals surface area contributed by atoms with E-state index in [4.69, 9.17) is 11.6 Å². The average molecular weight is 240 g/mol. The summed E-state index contributed by atoms with van der Waals surface area (Å²) in [6.45, 7) is 0. The standard InChI is InChI=1S/C10H10ClN3O2/c11-3-6-4-12-9(13-5-6)7-1-2-8(15)14-10(7)16/h4-5,7H,1-3H2,(H,14,15,16). The number of aromatic nitrogens is 2. The molecule has 1 aliphatic heterocycles. The van der Waals surface area contributed by atoms with Gasteiger partial charge >= 0.3 is 0 Å². The first-order chi connectivity index (χ1) is 7.70. The number of alkyl halides is 1. The van der Waals surface area contributed by atoms with Gasteiger partial charge in [-0.25, -0.2) is 9.97 Å². The van der Waals surface area contributed by atoms with Gasteiger partial charge in [-0.2, -0.15) is 0 Å². The molecule has 1 aromatic heterocycles. The molecule has 0 bridgehead atoms. The van der Waals surface area contributed by atoms with E-state index in [9.17, 15) is 9.59 Å². The molecular weight excluding hydrogens is 230 g/mol. The summed E-state index contributed by atoms with van der Waals surface area (Å²) in [4.78, 5) is 30.6. The molecule has 1 saturated heterocycles. The SMILES string of the molecule is O=C1CCC(c2ncc(CCl)cn2)C(=O)N1. The van der Waals surface area contributed by atoms with Crippen molar-refractivity contribution in [3.8, 4) is 0 Å². The lowest BCUT2D eigenvalue weighted by atomic mass is 9.97. The number of nitrogens with zero attached hydrogens (tertiary/aromatic N) is 2. The number of amides is 2. The highest BCUT2D eigenvalue weighted by molar-refractivity contribution is 6.17. The van der Waals surface area contributed by atoms with E-state index < -0.39 is 5.92 Å². The van der Waals surface area contributed by atoms with Gasteiger partial charge in [0.1, 0.15) is 5.82 Å². The van der Waals surface area contributed by atoms with Crippen molar-refractivity contribution in [3.63, 3.8) is 0 Å². The molecule has 2 amide bonds. The first-order valence-electron chi connectivity index (χ1n) is 4.91. The molecule has 0 spiro atoms. The highest BCUT2D eigenvalue weighted by Crippen LogP contribution is 2.21. The second-order valence-electron chi connectivity index (χ2n) is 3.59. The topological polar surface area (TPSA) is 72.0 Å². The van der Waals surface area contributed by atoms with Gasteiger partial charge in [0.25, 0.3) is 0 Å². The lowest BCUT2D eigenvalue weighted by Crippen LogP contribution is -2.40. The van der Waals surface area contributed by atoms with Crippen molar-refractivity contribution in [2.45, 2.75) is 24.6 Å². The maximum absolute atomic E-state index is 11.5. The maximum Gasteiger partial charge on any atom is 0.237 e. The van der Waals surface area contributed by atoms with Crippen molar-refractivity contribution < 1.29 is 9.59 Å². The van der Waals surface area contributed by atoms with Crippen molar-refractivity contribution in [1.29, 1.82) is 0 Å². The van der Waals surface area contributed by atoms with E-state index in [1.807, 2.05) is 0 Å². The van der Waals surface area contributed by atoms with Crippen LogP contribution in [0.5, 0.6) is 0 Å². The molecule has 2 rings (SSSR count). The van der Waals surface area contributed by atoms with Crippen LogP contribution in [0.1, 0.15) is 30.1 Å². The van der Waals surface area contributed by atoms with E-state index in [2.05, 4.69) is 15.3 Å². The van der Waals surface area contributed by atoms with E-state index in [-0.39, 0.29) is 11.8 Å². The van der Waals surface area contributed by atoms with Gasteiger partial charge in [0.2, 0.25) is 11.8 Å². The second kappa shape index (κ2) is 4.57. The fourth-order valence-corrected chi connectivity index (χ4v) is 1.69. The molecule has 0 radical (unpaired) electrons. The summed E-state index contributed by atoms with van der Waals surface area (Å²) < 4.78 is 0. The van der Waals surface area contributed by atoms with Gasteiger partial charge in [0, 0.05) is 24.4 Å². The molecule has 16 heavy (non-hydrogen) atoms. The first kappa shape index (κ1) is 11.0. The Kier molecular flexibility index (Phi) is 3.14. The normalized spacial score (nSPS) is 20.7. The summed E-state index contributed by atoms with van der Waals surface area (Å²) in [7, 11) is 0. The third kappa shape index (κ3) is 2.19. The van der Waals surface area contributed by atoms with E-state index in [1.165, 1.54) is 0 Å². The molecular formula is C10H10ClN3O2. The summed E-state index contributed by atoms with van der Waals surface area (Å²) in [6, 6.07) is 0. The number of imide groups is 1. The Labute approximate surface area is 97.2 Å². The van der Waals surface area contributed by atoms with Crippen LogP contribution in [0, 0.1) is 0 Å². The van der Waals surface area contributed by atoms with E-state index >= 15 is 0 Å². The van der Waals surface area contributed by atoms with Crippen LogP contribution in [0.2, 0.25) is 0 Å². The lowest BCUT2D eigenvalue weighted by molar-refractivity contribution is -0.134. The zero-order valence-corrected chi connectivity index (χ0v) is 9.20. The molecule has 0 aliphatic carbocycles. The molecule has 1 fully saturated rings. The number of hydrogen-bond donors (Lipinski definition) is 1. The Morgan fingerprint density at radius 1 is 1.38 bits per heavy atom. The molecule has 1 unspecified atom stereocenters. The Hall–Kier alpha value is -1.49. The van der Waals surface area contributed by atoms with Gasteiger partial charge in [0.05, 0.1) is 11.8 Å². The minimum absolute atomic E-state index is 0.237. The number of hydrogen-bond acceptors (Lipinski definition) is 4. The third-order valence-corrected chi connectivity index (χ3v) is 2.74. The van der Waals surface area contributed by atoms with E-state index in [0.29, 0.717) is 24.5 Å². The van der Waals surface area contributed by atoms with Crippen LogP contribution in [0.15, 0.2) is 12.4 Å². The Morgan fingerprint density at radius 3 is 2.62 bits per heavy atom. The number of piperidine rings is 1. The minimum Gasteiger partial charge on any atom is -0.296 e. The smallest absolute Gasteiger partial charge is 0.237 e. The predicted molar refractivity (Wildman–Crippen MR) is 56.7 cm³/mol. The lowest BCUT2D eigenvalue weighted by Gasteiger charge is -2.19. The quantitative estimate of drug-likeness (QED) is 0.610. The van der Waals surface area contributed by atoms with Crippen LogP contribution in [0.25, 0.3) is 0 Å². The maximum atomic E-state index is 11.5. The number of halogens is 1. The van der Waals surface area contributed by atoms with Crippen molar-refractivity contribution >= 4 is 23.4 Å². The average Bonchev–Trinajstić information content (AvgIpc) is 2.29. The highest BCUT2D eigenvalue weighted by Gasteiger charge is 2.29. The van der Waals surface area contributed by atoms with Gasteiger partial charge in [0.15, 0.2) is 0 Å². The first-order valence-corrected chi connectivity index (χ1v) is 5.44. The number of carbonyl (C=O) groups excluding carboxylic acids is 2. The van der Waals surface area contributed by atoms with Gasteiger partial charge in [-0.1, -0.05) is 0 Å². The van der Waals surface area contributed by atoms with Crippen molar-refractivity contribution in [1.82, 2.24) is 15.3 Å². The van der Waals surface area contributed by atoms with Crippen LogP contribution < -0.4 is 5.32 Å². The Morgan fingerprint density at radius 2 is 2.06 bits per heavy atom. The summed E-state index contributed by atoms with van der Waals surface area (Å²) in [6.07, 6.45) is 3.99. The molecule has 2 heterocycles.